The van der Waals surface area contributed by atoms with Crippen LogP contribution in [0.25, 0.3) is 0 Å². The van der Waals surface area contributed by atoms with Gasteiger partial charge in [-0.05, 0) is 26.0 Å². The number of piperazine rings is 1. The van der Waals surface area contributed by atoms with E-state index in [0.717, 1.165) is 5.69 Å². The second-order valence-electron chi connectivity index (χ2n) is 6.25. The molecule has 1 aromatic rings. The summed E-state index contributed by atoms with van der Waals surface area (Å²) in [4.78, 5) is 40.1. The summed E-state index contributed by atoms with van der Waals surface area (Å²) in [5, 5.41) is 2.74. The van der Waals surface area contributed by atoms with Crippen molar-refractivity contribution in [3.8, 4) is 0 Å². The van der Waals surface area contributed by atoms with Gasteiger partial charge in [-0.25, -0.2) is 0 Å². The Morgan fingerprint density at radius 3 is 2.60 bits per heavy atom. The van der Waals surface area contributed by atoms with Gasteiger partial charge in [0.1, 0.15) is 6.04 Å². The number of benzene rings is 1. The lowest BCUT2D eigenvalue weighted by atomic mass is 10.1. The summed E-state index contributed by atoms with van der Waals surface area (Å²) in [5.74, 6) is -0.825. The summed E-state index contributed by atoms with van der Waals surface area (Å²) in [6, 6.07) is 8.72. The second kappa shape index (κ2) is 8.62. The Balaban J connectivity index is 2.15. The Kier molecular flexibility index (Phi) is 6.52. The molecule has 2 rings (SSSR count). The van der Waals surface area contributed by atoms with Crippen molar-refractivity contribution in [3.05, 3.63) is 30.3 Å². The van der Waals surface area contributed by atoms with E-state index in [1.807, 2.05) is 44.2 Å². The van der Waals surface area contributed by atoms with Crippen molar-refractivity contribution in [1.29, 1.82) is 0 Å². The number of anilines is 1. The highest BCUT2D eigenvalue weighted by atomic mass is 16.5. The van der Waals surface area contributed by atoms with Crippen molar-refractivity contribution in [1.82, 2.24) is 10.2 Å². The number of rotatable bonds is 6. The van der Waals surface area contributed by atoms with E-state index < -0.39 is 12.0 Å². The van der Waals surface area contributed by atoms with Gasteiger partial charge in [-0.3, -0.25) is 19.3 Å². The molecular weight excluding hydrogens is 322 g/mol. The minimum absolute atomic E-state index is 0.0208. The molecule has 1 aliphatic heterocycles. The zero-order valence-corrected chi connectivity index (χ0v) is 14.9. The van der Waals surface area contributed by atoms with Gasteiger partial charge < -0.3 is 15.0 Å². The molecule has 1 N–H and O–H groups in total. The Morgan fingerprint density at radius 2 is 2.00 bits per heavy atom. The molecule has 0 aromatic heterocycles. The van der Waals surface area contributed by atoms with Crippen LogP contribution in [0.15, 0.2) is 30.3 Å². The van der Waals surface area contributed by atoms with E-state index in [1.54, 1.807) is 9.80 Å². The molecule has 136 valence electrons. The average Bonchev–Trinajstić information content (AvgIpc) is 2.58. The van der Waals surface area contributed by atoms with E-state index in [9.17, 15) is 14.4 Å². The van der Waals surface area contributed by atoms with Crippen LogP contribution in [-0.2, 0) is 19.1 Å². The molecule has 0 bridgehead atoms. The molecule has 7 nitrogen and oxygen atoms in total. The van der Waals surface area contributed by atoms with Crippen molar-refractivity contribution < 1.29 is 19.1 Å². The smallest absolute Gasteiger partial charge is 0.307 e. The topological polar surface area (TPSA) is 79.0 Å². The lowest BCUT2D eigenvalue weighted by Crippen LogP contribution is -2.58. The SMILES string of the molecule is COC(=O)C[C@H]1C(=O)NCCN1CC(=O)N(c1ccccc1)C(C)C. The van der Waals surface area contributed by atoms with Crippen molar-refractivity contribution in [2.45, 2.75) is 32.4 Å². The molecule has 1 aromatic carbocycles. The third kappa shape index (κ3) is 4.79. The molecule has 0 saturated carbocycles. The first-order valence-electron chi connectivity index (χ1n) is 8.39. The van der Waals surface area contributed by atoms with E-state index >= 15 is 0 Å². The molecule has 0 radical (unpaired) electrons. The van der Waals surface area contributed by atoms with E-state index in [-0.39, 0.29) is 30.8 Å². The predicted molar refractivity (Wildman–Crippen MR) is 94.1 cm³/mol. The Labute approximate surface area is 147 Å². The number of carbonyl (C=O) groups excluding carboxylic acids is 3. The number of carbonyl (C=O) groups is 3. The molecule has 2 amide bonds. The van der Waals surface area contributed by atoms with Crippen LogP contribution in [0.3, 0.4) is 0 Å². The van der Waals surface area contributed by atoms with Crippen LogP contribution in [-0.4, -0.2) is 61.5 Å². The molecule has 0 aliphatic carbocycles. The highest BCUT2D eigenvalue weighted by Crippen LogP contribution is 2.18. The molecule has 1 fully saturated rings. The minimum Gasteiger partial charge on any atom is -0.469 e. The third-order valence-corrected chi connectivity index (χ3v) is 4.19. The van der Waals surface area contributed by atoms with Crippen LogP contribution in [0.4, 0.5) is 5.69 Å². The van der Waals surface area contributed by atoms with Crippen molar-refractivity contribution in [3.63, 3.8) is 0 Å². The maximum Gasteiger partial charge on any atom is 0.307 e. The van der Waals surface area contributed by atoms with Crippen LogP contribution in [0.5, 0.6) is 0 Å². The van der Waals surface area contributed by atoms with Crippen LogP contribution in [0.2, 0.25) is 0 Å². The van der Waals surface area contributed by atoms with Gasteiger partial charge >= 0.3 is 5.97 Å². The molecule has 0 spiro atoms. The first kappa shape index (κ1) is 18.9. The maximum atomic E-state index is 12.9. The fraction of sp³-hybridized carbons (Fsp3) is 0.500. The number of hydrogen-bond donors (Lipinski definition) is 1. The number of methoxy groups -OCH3 is 1. The standard InChI is InChI=1S/C18H25N3O4/c1-13(2)21(14-7-5-4-6-8-14)16(22)12-20-10-9-19-18(24)15(20)11-17(23)25-3/h4-8,13,15H,9-12H2,1-3H3,(H,19,24)/t15-/m0/s1. The van der Waals surface area contributed by atoms with Gasteiger partial charge in [0.15, 0.2) is 0 Å². The average molecular weight is 347 g/mol. The molecule has 0 unspecified atom stereocenters. The van der Waals surface area contributed by atoms with Crippen LogP contribution in [0, 0.1) is 0 Å². The fourth-order valence-corrected chi connectivity index (χ4v) is 2.98. The quantitative estimate of drug-likeness (QED) is 0.770. The van der Waals surface area contributed by atoms with Crippen LogP contribution < -0.4 is 10.2 Å². The minimum atomic E-state index is -0.685. The van der Waals surface area contributed by atoms with E-state index in [1.165, 1.54) is 7.11 Å². The van der Waals surface area contributed by atoms with Crippen molar-refractivity contribution in [2.75, 3.05) is 31.6 Å². The third-order valence-electron chi connectivity index (χ3n) is 4.19. The van der Waals surface area contributed by atoms with Gasteiger partial charge in [-0.1, -0.05) is 18.2 Å². The molecule has 1 aliphatic rings. The van der Waals surface area contributed by atoms with E-state index in [4.69, 9.17) is 0 Å². The number of nitrogens with zero attached hydrogens (tertiary/aromatic N) is 2. The van der Waals surface area contributed by atoms with Gasteiger partial charge in [0.05, 0.1) is 20.1 Å². The summed E-state index contributed by atoms with van der Waals surface area (Å²) < 4.78 is 4.67. The predicted octanol–water partition coefficient (Wildman–Crippen LogP) is 0.792. The van der Waals surface area contributed by atoms with Crippen molar-refractivity contribution in [2.24, 2.45) is 0 Å². The number of hydrogen-bond acceptors (Lipinski definition) is 5. The fourth-order valence-electron chi connectivity index (χ4n) is 2.98. The van der Waals surface area contributed by atoms with Crippen LogP contribution in [0.1, 0.15) is 20.3 Å². The van der Waals surface area contributed by atoms with Crippen molar-refractivity contribution >= 4 is 23.5 Å². The number of ether oxygens (including phenoxy) is 1. The van der Waals surface area contributed by atoms with Gasteiger partial charge in [0.25, 0.3) is 0 Å². The summed E-state index contributed by atoms with van der Waals surface area (Å²) in [6.45, 7) is 4.93. The first-order chi connectivity index (χ1) is 11.9. The maximum absolute atomic E-state index is 12.9. The summed E-state index contributed by atoms with van der Waals surface area (Å²) in [5.41, 5.74) is 0.813. The van der Waals surface area contributed by atoms with E-state index in [2.05, 4.69) is 10.1 Å². The summed E-state index contributed by atoms with van der Waals surface area (Å²) in [7, 11) is 1.29. The Bertz CT molecular complexity index is 618. The number of para-hydroxylation sites is 1. The van der Waals surface area contributed by atoms with Gasteiger partial charge in [0.2, 0.25) is 11.8 Å². The van der Waals surface area contributed by atoms with Gasteiger partial charge in [0, 0.05) is 24.8 Å². The van der Waals surface area contributed by atoms with Crippen LogP contribution >= 0.6 is 0 Å². The molecule has 1 saturated heterocycles. The number of nitrogens with one attached hydrogen (secondary N) is 1. The summed E-state index contributed by atoms with van der Waals surface area (Å²) in [6.07, 6.45) is -0.0668. The molecular formula is C18H25N3O4. The highest BCUT2D eigenvalue weighted by Gasteiger charge is 2.34. The molecule has 25 heavy (non-hydrogen) atoms. The normalized spacial score (nSPS) is 17.9. The first-order valence-corrected chi connectivity index (χ1v) is 8.39. The lowest BCUT2D eigenvalue weighted by Gasteiger charge is -2.36. The largest absolute Gasteiger partial charge is 0.469 e. The molecule has 7 heteroatoms. The second-order valence-corrected chi connectivity index (χ2v) is 6.25. The highest BCUT2D eigenvalue weighted by molar-refractivity contribution is 5.96. The molecule has 1 atom stereocenters. The Morgan fingerprint density at radius 1 is 1.32 bits per heavy atom. The number of amides is 2. The van der Waals surface area contributed by atoms with Gasteiger partial charge in [-0.2, -0.15) is 0 Å². The zero-order chi connectivity index (χ0) is 18.4. The van der Waals surface area contributed by atoms with Gasteiger partial charge in [-0.15, -0.1) is 0 Å². The lowest BCUT2D eigenvalue weighted by molar-refractivity contribution is -0.146. The zero-order valence-electron chi connectivity index (χ0n) is 14.9. The molecule has 1 heterocycles. The van der Waals surface area contributed by atoms with E-state index in [0.29, 0.717) is 13.1 Å². The monoisotopic (exact) mass is 347 g/mol. The number of esters is 1. The Hall–Kier alpha value is -2.41. The summed E-state index contributed by atoms with van der Waals surface area (Å²) >= 11 is 0.